The maximum Gasteiger partial charge on any atom is 0.246 e. The number of morpholine rings is 1. The molecular formula is C38H39ClN6O5S. The van der Waals surface area contributed by atoms with E-state index in [4.69, 9.17) is 26.1 Å². The fraction of sp³-hybridized carbons (Fsp3) is 0.368. The number of benzene rings is 2. The number of hydrogen-bond acceptors (Lipinski definition) is 9. The number of allylic oxidation sites excluding steroid dienone is 1. The summed E-state index contributed by atoms with van der Waals surface area (Å²) in [6.45, 7) is 8.36. The summed E-state index contributed by atoms with van der Waals surface area (Å²) in [7, 11) is 1.56. The van der Waals surface area contributed by atoms with E-state index in [0.29, 0.717) is 67.8 Å². The predicted molar refractivity (Wildman–Crippen MR) is 195 cm³/mol. The van der Waals surface area contributed by atoms with Crippen LogP contribution in [0.5, 0.6) is 5.75 Å². The summed E-state index contributed by atoms with van der Waals surface area (Å²) in [5.41, 5.74) is 3.80. The second-order valence-electron chi connectivity index (χ2n) is 13.2. The van der Waals surface area contributed by atoms with Gasteiger partial charge in [-0.15, -0.1) is 21.5 Å². The first kappa shape index (κ1) is 34.8. The Bertz CT molecular complexity index is 2040. The SMILES string of the molecule is COc1ccc(C(=O)/C=C/C(=O)N2CCC3(CC2)CN(C(=O)C[C@@H]2N=C(c4ccc(Cl)cc4)c4c(sc(C)c4C)-n4c(C)nnc42)CCO3)cc1. The molecule has 0 radical (unpaired) electrons. The zero-order valence-electron chi connectivity index (χ0n) is 29.0. The van der Waals surface area contributed by atoms with Crippen LogP contribution in [0.4, 0.5) is 0 Å². The van der Waals surface area contributed by atoms with Gasteiger partial charge in [0.1, 0.15) is 22.6 Å². The number of piperidine rings is 1. The van der Waals surface area contributed by atoms with Crippen molar-refractivity contribution in [1.82, 2.24) is 24.6 Å². The number of amides is 2. The Kier molecular flexibility index (Phi) is 9.66. The van der Waals surface area contributed by atoms with Crippen molar-refractivity contribution in [1.29, 1.82) is 0 Å². The summed E-state index contributed by atoms with van der Waals surface area (Å²) in [5, 5.41) is 10.6. The molecule has 7 rings (SSSR count). The van der Waals surface area contributed by atoms with Gasteiger partial charge in [-0.25, -0.2) is 0 Å². The number of carbonyl (C=O) groups is 3. The molecule has 11 nitrogen and oxygen atoms in total. The molecule has 3 aliphatic heterocycles. The second-order valence-corrected chi connectivity index (χ2v) is 14.8. The van der Waals surface area contributed by atoms with E-state index in [1.54, 1.807) is 47.6 Å². The molecule has 2 fully saturated rings. The number of fused-ring (bicyclic) bond motifs is 3. The molecule has 2 saturated heterocycles. The normalized spacial score (nSPS) is 18.3. The van der Waals surface area contributed by atoms with E-state index in [9.17, 15) is 14.4 Å². The Balaban J connectivity index is 1.05. The average Bonchev–Trinajstić information content (AvgIpc) is 3.62. The minimum absolute atomic E-state index is 0.0364. The van der Waals surface area contributed by atoms with Crippen LogP contribution in [0.15, 0.2) is 65.7 Å². The van der Waals surface area contributed by atoms with Crippen LogP contribution >= 0.6 is 22.9 Å². The van der Waals surface area contributed by atoms with Crippen molar-refractivity contribution in [2.45, 2.75) is 51.7 Å². The third-order valence-corrected chi connectivity index (χ3v) is 11.5. The molecule has 0 N–H and O–H groups in total. The maximum absolute atomic E-state index is 14.1. The molecule has 2 amide bonds. The molecule has 4 aromatic rings. The second kappa shape index (κ2) is 14.2. The van der Waals surface area contributed by atoms with E-state index in [1.807, 2.05) is 36.1 Å². The van der Waals surface area contributed by atoms with E-state index < -0.39 is 11.6 Å². The van der Waals surface area contributed by atoms with Crippen LogP contribution in [0.1, 0.15) is 68.9 Å². The van der Waals surface area contributed by atoms with Gasteiger partial charge in [-0.2, -0.15) is 0 Å². The zero-order chi connectivity index (χ0) is 35.9. The molecule has 2 aromatic carbocycles. The molecule has 3 aliphatic rings. The molecule has 1 atom stereocenters. The number of hydrogen-bond donors (Lipinski definition) is 0. The van der Waals surface area contributed by atoms with E-state index in [-0.39, 0.29) is 24.0 Å². The topological polar surface area (TPSA) is 119 Å². The number of aliphatic imine (C=N–C) groups is 1. The maximum atomic E-state index is 14.1. The van der Waals surface area contributed by atoms with Crippen LogP contribution in [0.25, 0.3) is 5.00 Å². The summed E-state index contributed by atoms with van der Waals surface area (Å²) < 4.78 is 13.5. The van der Waals surface area contributed by atoms with Gasteiger partial charge in [0, 0.05) is 58.8 Å². The van der Waals surface area contributed by atoms with Crippen molar-refractivity contribution in [3.05, 3.63) is 104 Å². The number of ketones is 1. The summed E-state index contributed by atoms with van der Waals surface area (Å²) in [4.78, 5) is 49.8. The average molecular weight is 727 g/mol. The van der Waals surface area contributed by atoms with Crippen molar-refractivity contribution in [2.24, 2.45) is 4.99 Å². The van der Waals surface area contributed by atoms with Gasteiger partial charge in [-0.1, -0.05) is 23.7 Å². The number of likely N-dealkylation sites (tertiary alicyclic amines) is 1. The standard InChI is InChI=1S/C38H39ClN6O5S/c1-23-24(2)51-37-34(23)35(27-5-9-28(39)10-6-27)40-30(36-42-41-25(3)45(36)37)21-33(48)44-19-20-50-38(22-44)15-17-43(18-16-38)32(47)14-13-31(46)26-7-11-29(49-4)12-8-26/h5-14,30H,15-22H2,1-4H3/b14-13+/t30-/m0/s1. The molecule has 0 saturated carbocycles. The van der Waals surface area contributed by atoms with Gasteiger partial charge in [0.15, 0.2) is 11.6 Å². The monoisotopic (exact) mass is 726 g/mol. The van der Waals surface area contributed by atoms with Crippen LogP contribution in [-0.2, 0) is 14.3 Å². The van der Waals surface area contributed by atoms with Crippen LogP contribution in [0.2, 0.25) is 5.02 Å². The Labute approximate surface area is 305 Å². The van der Waals surface area contributed by atoms with Crippen molar-refractivity contribution >= 4 is 46.2 Å². The Morgan fingerprint density at radius 2 is 1.71 bits per heavy atom. The number of aromatic nitrogens is 3. The molecule has 51 heavy (non-hydrogen) atoms. The quantitative estimate of drug-likeness (QED) is 0.173. The number of halogens is 1. The number of aryl methyl sites for hydroxylation is 2. The highest BCUT2D eigenvalue weighted by Gasteiger charge is 2.42. The zero-order valence-corrected chi connectivity index (χ0v) is 30.6. The fourth-order valence-electron chi connectivity index (χ4n) is 7.03. The number of methoxy groups -OCH3 is 1. The van der Waals surface area contributed by atoms with Gasteiger partial charge >= 0.3 is 0 Å². The van der Waals surface area contributed by atoms with Crippen LogP contribution in [0, 0.1) is 20.8 Å². The largest absolute Gasteiger partial charge is 0.497 e. The van der Waals surface area contributed by atoms with E-state index in [1.165, 1.54) is 17.0 Å². The molecule has 0 unspecified atom stereocenters. The first-order valence-electron chi connectivity index (χ1n) is 17.0. The van der Waals surface area contributed by atoms with Crippen molar-refractivity contribution in [3.8, 4) is 10.8 Å². The van der Waals surface area contributed by atoms with Gasteiger partial charge in [-0.05, 0) is 81.7 Å². The van der Waals surface area contributed by atoms with E-state index in [2.05, 4.69) is 28.6 Å². The lowest BCUT2D eigenvalue weighted by Crippen LogP contribution is -2.58. The molecule has 0 aliphatic carbocycles. The van der Waals surface area contributed by atoms with Gasteiger partial charge in [0.2, 0.25) is 11.8 Å². The highest BCUT2D eigenvalue weighted by molar-refractivity contribution is 7.15. The Morgan fingerprint density at radius 1 is 0.980 bits per heavy atom. The molecule has 264 valence electrons. The van der Waals surface area contributed by atoms with Crippen LogP contribution in [0.3, 0.4) is 0 Å². The molecule has 2 aromatic heterocycles. The Morgan fingerprint density at radius 3 is 2.41 bits per heavy atom. The number of nitrogens with zero attached hydrogens (tertiary/aromatic N) is 6. The summed E-state index contributed by atoms with van der Waals surface area (Å²) >= 11 is 7.93. The number of carbonyl (C=O) groups excluding carboxylic acids is 3. The van der Waals surface area contributed by atoms with Crippen molar-refractivity contribution in [2.75, 3.05) is 39.9 Å². The van der Waals surface area contributed by atoms with Crippen molar-refractivity contribution < 1.29 is 23.9 Å². The van der Waals surface area contributed by atoms with Crippen LogP contribution in [-0.4, -0.2) is 93.4 Å². The van der Waals surface area contributed by atoms with Crippen LogP contribution < -0.4 is 4.74 Å². The molecular weight excluding hydrogens is 688 g/mol. The molecule has 13 heteroatoms. The molecule has 5 heterocycles. The van der Waals surface area contributed by atoms with Gasteiger partial charge in [0.25, 0.3) is 0 Å². The minimum atomic E-state index is -0.561. The first-order valence-corrected chi connectivity index (χ1v) is 18.2. The lowest BCUT2D eigenvalue weighted by molar-refractivity contribution is -0.162. The smallest absolute Gasteiger partial charge is 0.246 e. The summed E-state index contributed by atoms with van der Waals surface area (Å²) in [5.74, 6) is 1.52. The van der Waals surface area contributed by atoms with Crippen molar-refractivity contribution in [3.63, 3.8) is 0 Å². The predicted octanol–water partition coefficient (Wildman–Crippen LogP) is 5.86. The Hall–Kier alpha value is -4.65. The minimum Gasteiger partial charge on any atom is -0.497 e. The number of thiophene rings is 1. The van der Waals surface area contributed by atoms with Gasteiger partial charge < -0.3 is 19.3 Å². The lowest BCUT2D eigenvalue weighted by atomic mass is 9.89. The lowest BCUT2D eigenvalue weighted by Gasteiger charge is -2.47. The van der Waals surface area contributed by atoms with E-state index >= 15 is 0 Å². The highest BCUT2D eigenvalue weighted by atomic mass is 35.5. The van der Waals surface area contributed by atoms with E-state index in [0.717, 1.165) is 33.2 Å². The molecule has 0 bridgehead atoms. The number of ether oxygens (including phenoxy) is 2. The fourth-order valence-corrected chi connectivity index (χ4v) is 8.37. The number of rotatable bonds is 7. The third-order valence-electron chi connectivity index (χ3n) is 10.1. The molecule has 1 spiro atoms. The summed E-state index contributed by atoms with van der Waals surface area (Å²) in [6.07, 6.45) is 3.92. The third kappa shape index (κ3) is 6.87. The summed E-state index contributed by atoms with van der Waals surface area (Å²) in [6, 6.07) is 13.8. The first-order chi connectivity index (χ1) is 24.6. The van der Waals surface area contributed by atoms with Gasteiger partial charge in [0.05, 0.1) is 31.5 Å². The highest BCUT2D eigenvalue weighted by Crippen LogP contribution is 2.40. The van der Waals surface area contributed by atoms with Gasteiger partial charge in [-0.3, -0.25) is 23.9 Å².